The predicted octanol–water partition coefficient (Wildman–Crippen LogP) is 6.73. The van der Waals surface area contributed by atoms with Gasteiger partial charge >= 0.3 is 12.2 Å². The number of nitrogens with zero attached hydrogens (tertiary/aromatic N) is 3. The Balaban J connectivity index is 1.35. The highest BCUT2D eigenvalue weighted by atomic mass is 19.4. The largest absolute Gasteiger partial charge is 0.416 e. The minimum Gasteiger partial charge on any atom is -0.308 e. The second-order valence-corrected chi connectivity index (χ2v) is 7.76. The smallest absolute Gasteiger partial charge is 0.308 e. The van der Waals surface area contributed by atoms with E-state index in [4.69, 9.17) is 0 Å². The summed E-state index contributed by atoms with van der Waals surface area (Å²) in [6, 6.07) is 18.8. The van der Waals surface area contributed by atoms with Crippen LogP contribution < -0.4 is 10.6 Å². The van der Waals surface area contributed by atoms with Crippen LogP contribution in [0.25, 0.3) is 28.0 Å². The van der Waals surface area contributed by atoms with Crippen LogP contribution in [0.1, 0.15) is 5.56 Å². The van der Waals surface area contributed by atoms with Crippen molar-refractivity contribution < 1.29 is 18.0 Å². The number of rotatable bonds is 4. The normalized spacial score (nSPS) is 11.4. The van der Waals surface area contributed by atoms with Gasteiger partial charge in [-0.2, -0.15) is 13.2 Å². The first-order chi connectivity index (χ1) is 16.9. The van der Waals surface area contributed by atoms with Gasteiger partial charge in [-0.15, -0.1) is 0 Å². The van der Waals surface area contributed by atoms with Crippen molar-refractivity contribution in [2.45, 2.75) is 6.18 Å². The molecule has 0 radical (unpaired) electrons. The zero-order valence-corrected chi connectivity index (χ0v) is 18.1. The molecule has 0 unspecified atom stereocenters. The molecule has 0 aliphatic carbocycles. The van der Waals surface area contributed by atoms with Crippen LogP contribution in [0.15, 0.2) is 97.6 Å². The maximum Gasteiger partial charge on any atom is 0.416 e. The molecule has 0 aliphatic rings. The lowest BCUT2D eigenvalue weighted by atomic mass is 10.1. The second-order valence-electron chi connectivity index (χ2n) is 7.76. The molecule has 0 aliphatic heterocycles. The zero-order chi connectivity index (χ0) is 24.4. The molecule has 2 N–H and O–H groups in total. The molecule has 0 saturated carbocycles. The Morgan fingerprint density at radius 1 is 0.800 bits per heavy atom. The van der Waals surface area contributed by atoms with Gasteiger partial charge in [0, 0.05) is 35.5 Å². The Kier molecular flexibility index (Phi) is 5.66. The molecular formula is C26H18F3N5O. The number of hydrogen-bond acceptors (Lipinski definition) is 3. The van der Waals surface area contributed by atoms with Gasteiger partial charge < -0.3 is 10.6 Å². The number of imidazole rings is 1. The zero-order valence-electron chi connectivity index (χ0n) is 18.1. The van der Waals surface area contributed by atoms with Crippen molar-refractivity contribution >= 4 is 23.1 Å². The first-order valence-corrected chi connectivity index (χ1v) is 10.6. The molecule has 2 amide bonds. The molecule has 0 atom stereocenters. The van der Waals surface area contributed by atoms with Gasteiger partial charge in [0.1, 0.15) is 5.65 Å². The van der Waals surface area contributed by atoms with Crippen LogP contribution in [0.3, 0.4) is 0 Å². The lowest BCUT2D eigenvalue weighted by Gasteiger charge is -2.11. The van der Waals surface area contributed by atoms with Crippen molar-refractivity contribution in [3.8, 4) is 22.4 Å². The monoisotopic (exact) mass is 473 g/mol. The summed E-state index contributed by atoms with van der Waals surface area (Å²) >= 11 is 0. The number of nitrogens with one attached hydrogen (secondary N) is 2. The summed E-state index contributed by atoms with van der Waals surface area (Å²) in [5.74, 6) is 0. The molecule has 174 valence electrons. The molecule has 5 rings (SSSR count). The number of amides is 2. The third-order valence-corrected chi connectivity index (χ3v) is 5.39. The standard InChI is InChI=1S/C26H18F3N5O/c27-26(28,29)20-4-2-6-22(15-20)33-25(35)32-21-5-1-3-19(13-21)23-16-31-24-14-18(9-12-34(23)24)17-7-10-30-11-8-17/h1-16H,(H2,32,33,35). The Morgan fingerprint density at radius 2 is 1.51 bits per heavy atom. The summed E-state index contributed by atoms with van der Waals surface area (Å²) in [5.41, 5.74) is 4.13. The third kappa shape index (κ3) is 4.84. The van der Waals surface area contributed by atoms with E-state index >= 15 is 0 Å². The van der Waals surface area contributed by atoms with Gasteiger partial charge in [-0.1, -0.05) is 18.2 Å². The van der Waals surface area contributed by atoms with Crippen LogP contribution in [-0.2, 0) is 6.18 Å². The lowest BCUT2D eigenvalue weighted by molar-refractivity contribution is -0.137. The Labute approximate surface area is 198 Å². The fourth-order valence-corrected chi connectivity index (χ4v) is 3.74. The first-order valence-electron chi connectivity index (χ1n) is 10.6. The number of carbonyl (C=O) groups is 1. The average Bonchev–Trinajstić information content (AvgIpc) is 3.28. The SMILES string of the molecule is O=C(Nc1cccc(-c2cnc3cc(-c4ccncc4)ccn23)c1)Nc1cccc(C(F)(F)F)c1. The van der Waals surface area contributed by atoms with Crippen LogP contribution in [0.5, 0.6) is 0 Å². The van der Waals surface area contributed by atoms with Gasteiger partial charge in [0.15, 0.2) is 0 Å². The molecule has 35 heavy (non-hydrogen) atoms. The van der Waals surface area contributed by atoms with Gasteiger partial charge in [0.05, 0.1) is 17.5 Å². The van der Waals surface area contributed by atoms with Crippen LogP contribution >= 0.6 is 0 Å². The van der Waals surface area contributed by atoms with E-state index in [-0.39, 0.29) is 5.69 Å². The van der Waals surface area contributed by atoms with Gasteiger partial charge in [-0.3, -0.25) is 9.38 Å². The molecule has 9 heteroatoms. The van der Waals surface area contributed by atoms with Crippen molar-refractivity contribution in [2.24, 2.45) is 0 Å². The molecule has 3 aromatic heterocycles. The van der Waals surface area contributed by atoms with E-state index in [0.29, 0.717) is 5.69 Å². The summed E-state index contributed by atoms with van der Waals surface area (Å²) in [5, 5.41) is 5.10. The van der Waals surface area contributed by atoms with E-state index in [0.717, 1.165) is 40.2 Å². The van der Waals surface area contributed by atoms with Gasteiger partial charge in [-0.05, 0) is 65.7 Å². The first kappa shape index (κ1) is 22.1. The Bertz CT molecular complexity index is 1510. The van der Waals surface area contributed by atoms with E-state index in [1.54, 1.807) is 36.8 Å². The van der Waals surface area contributed by atoms with Gasteiger partial charge in [0.25, 0.3) is 0 Å². The number of benzene rings is 2. The topological polar surface area (TPSA) is 71.3 Å². The molecular weight excluding hydrogens is 455 g/mol. The van der Waals surface area contributed by atoms with Crippen LogP contribution in [0, 0.1) is 0 Å². The molecule has 0 saturated heterocycles. The maximum absolute atomic E-state index is 12.9. The average molecular weight is 473 g/mol. The highest BCUT2D eigenvalue weighted by Crippen LogP contribution is 2.31. The predicted molar refractivity (Wildman–Crippen MR) is 128 cm³/mol. The number of alkyl halides is 3. The van der Waals surface area contributed by atoms with E-state index in [9.17, 15) is 18.0 Å². The highest BCUT2D eigenvalue weighted by molar-refractivity contribution is 6.00. The quantitative estimate of drug-likeness (QED) is 0.304. The number of hydrogen-bond donors (Lipinski definition) is 2. The Morgan fingerprint density at radius 3 is 2.26 bits per heavy atom. The number of anilines is 2. The molecule has 0 bridgehead atoms. The molecule has 6 nitrogen and oxygen atoms in total. The summed E-state index contributed by atoms with van der Waals surface area (Å²) in [4.78, 5) is 21.0. The third-order valence-electron chi connectivity index (χ3n) is 5.39. The summed E-state index contributed by atoms with van der Waals surface area (Å²) < 4.78 is 40.7. The molecule has 5 aromatic rings. The number of aromatic nitrogens is 3. The number of urea groups is 1. The Hall–Kier alpha value is -4.66. The van der Waals surface area contributed by atoms with Crippen molar-refractivity contribution in [1.82, 2.24) is 14.4 Å². The molecule has 2 aromatic carbocycles. The van der Waals surface area contributed by atoms with Crippen LogP contribution in [-0.4, -0.2) is 20.4 Å². The molecule has 3 heterocycles. The van der Waals surface area contributed by atoms with Crippen LogP contribution in [0.2, 0.25) is 0 Å². The summed E-state index contributed by atoms with van der Waals surface area (Å²) in [6.45, 7) is 0. The molecule has 0 spiro atoms. The molecule has 0 fully saturated rings. The number of carbonyl (C=O) groups excluding carboxylic acids is 1. The van der Waals surface area contributed by atoms with Crippen molar-refractivity contribution in [3.63, 3.8) is 0 Å². The van der Waals surface area contributed by atoms with Crippen molar-refractivity contribution in [1.29, 1.82) is 0 Å². The number of fused-ring (bicyclic) bond motifs is 1. The number of pyridine rings is 2. The summed E-state index contributed by atoms with van der Waals surface area (Å²) in [7, 11) is 0. The minimum atomic E-state index is -4.49. The van der Waals surface area contributed by atoms with Crippen molar-refractivity contribution in [3.05, 3.63) is 103 Å². The second kappa shape index (κ2) is 8.94. The maximum atomic E-state index is 12.9. The van der Waals surface area contributed by atoms with E-state index < -0.39 is 17.8 Å². The van der Waals surface area contributed by atoms with Crippen molar-refractivity contribution in [2.75, 3.05) is 10.6 Å². The lowest BCUT2D eigenvalue weighted by Crippen LogP contribution is -2.19. The van der Waals surface area contributed by atoms with Gasteiger partial charge in [0.2, 0.25) is 0 Å². The highest BCUT2D eigenvalue weighted by Gasteiger charge is 2.30. The van der Waals surface area contributed by atoms with Crippen LogP contribution in [0.4, 0.5) is 29.3 Å². The summed E-state index contributed by atoms with van der Waals surface area (Å²) in [6.07, 6.45) is 2.65. The van der Waals surface area contributed by atoms with E-state index in [1.165, 1.54) is 12.1 Å². The van der Waals surface area contributed by atoms with Gasteiger partial charge in [-0.25, -0.2) is 9.78 Å². The number of halogens is 3. The van der Waals surface area contributed by atoms with E-state index in [2.05, 4.69) is 20.6 Å². The minimum absolute atomic E-state index is 0.0419. The fraction of sp³-hybridized carbons (Fsp3) is 0.0385. The fourth-order valence-electron chi connectivity index (χ4n) is 3.74. The van der Waals surface area contributed by atoms with E-state index in [1.807, 2.05) is 40.9 Å².